The first-order chi connectivity index (χ1) is 8.72. The van der Waals surface area contributed by atoms with Crippen molar-refractivity contribution < 1.29 is 4.42 Å². The van der Waals surface area contributed by atoms with Gasteiger partial charge in [0.25, 0.3) is 0 Å². The van der Waals surface area contributed by atoms with Crippen LogP contribution in [0.25, 0.3) is 10.2 Å². The maximum atomic E-state index is 5.87. The normalized spacial score (nSPS) is 11.2. The second-order valence-electron chi connectivity index (χ2n) is 3.53. The monoisotopic (exact) mass is 279 g/mol. The van der Waals surface area contributed by atoms with Crippen LogP contribution in [0, 0.1) is 6.92 Å². The highest BCUT2D eigenvalue weighted by atomic mass is 32.2. The molecule has 0 spiro atoms. The number of hydrogen-bond acceptors (Lipinski definition) is 8. The van der Waals surface area contributed by atoms with E-state index in [2.05, 4.69) is 20.2 Å². The molecule has 0 bridgehead atoms. The van der Waals surface area contributed by atoms with E-state index in [-0.39, 0.29) is 0 Å². The first kappa shape index (κ1) is 11.4. The summed E-state index contributed by atoms with van der Waals surface area (Å²) in [5.41, 5.74) is 5.87. The van der Waals surface area contributed by atoms with Gasteiger partial charge in [0.15, 0.2) is 5.16 Å². The van der Waals surface area contributed by atoms with Crippen LogP contribution in [0.1, 0.15) is 11.8 Å². The van der Waals surface area contributed by atoms with Gasteiger partial charge in [-0.05, 0) is 11.4 Å². The molecule has 0 fully saturated rings. The number of anilines is 1. The summed E-state index contributed by atoms with van der Waals surface area (Å²) in [6, 6.07) is 1.92. The maximum Gasteiger partial charge on any atom is 0.226 e. The molecule has 92 valence electrons. The number of aryl methyl sites for hydroxylation is 1. The Kier molecular flexibility index (Phi) is 2.88. The molecule has 3 aromatic rings. The van der Waals surface area contributed by atoms with Crippen molar-refractivity contribution in [3.63, 3.8) is 0 Å². The predicted octanol–water partition coefficient (Wildman–Crippen LogP) is 2.26. The predicted molar refractivity (Wildman–Crippen MR) is 70.4 cm³/mol. The van der Waals surface area contributed by atoms with E-state index in [1.807, 2.05) is 11.4 Å². The maximum absolute atomic E-state index is 5.87. The summed E-state index contributed by atoms with van der Waals surface area (Å²) in [5, 5.41) is 11.2. The smallest absolute Gasteiger partial charge is 0.226 e. The summed E-state index contributed by atoms with van der Waals surface area (Å²) >= 11 is 2.97. The Bertz CT molecular complexity index is 692. The second kappa shape index (κ2) is 4.54. The minimum atomic E-state index is 0.505. The summed E-state index contributed by atoms with van der Waals surface area (Å²) in [6.45, 7) is 1.76. The number of thioether (sulfide) groups is 1. The fraction of sp³-hybridized carbons (Fsp3) is 0.200. The zero-order valence-corrected chi connectivity index (χ0v) is 11.1. The molecule has 0 unspecified atom stereocenters. The summed E-state index contributed by atoms with van der Waals surface area (Å²) in [5.74, 6) is 2.16. The van der Waals surface area contributed by atoms with Crippen LogP contribution in [-0.2, 0) is 5.75 Å². The van der Waals surface area contributed by atoms with Crippen LogP contribution in [0.3, 0.4) is 0 Å². The van der Waals surface area contributed by atoms with Gasteiger partial charge in [0, 0.05) is 6.92 Å². The second-order valence-corrected chi connectivity index (χ2v) is 5.37. The first-order valence-corrected chi connectivity index (χ1v) is 7.01. The summed E-state index contributed by atoms with van der Waals surface area (Å²) in [7, 11) is 0. The molecule has 2 N–H and O–H groups in total. The van der Waals surface area contributed by atoms with Gasteiger partial charge in [0.1, 0.15) is 10.6 Å². The van der Waals surface area contributed by atoms with E-state index < -0.39 is 0 Å². The van der Waals surface area contributed by atoms with Crippen molar-refractivity contribution in [2.75, 3.05) is 5.73 Å². The number of nitrogen functional groups attached to an aromatic ring is 1. The standard InChI is InChI=1S/C10H9N5OS2/c1-5-14-15-7(16-5)4-18-10-12-8(11)6-2-3-17-9(6)13-10/h2-3H,4H2,1H3,(H2,11,12,13). The highest BCUT2D eigenvalue weighted by molar-refractivity contribution is 7.98. The summed E-state index contributed by atoms with van der Waals surface area (Å²) in [6.07, 6.45) is 0. The Labute approximate surface area is 111 Å². The number of hydrogen-bond donors (Lipinski definition) is 1. The average Bonchev–Trinajstić information content (AvgIpc) is 2.95. The molecule has 3 rings (SSSR count). The molecule has 0 saturated carbocycles. The van der Waals surface area contributed by atoms with E-state index in [9.17, 15) is 0 Å². The molecule has 0 atom stereocenters. The van der Waals surface area contributed by atoms with E-state index in [1.54, 1.807) is 18.3 Å². The topological polar surface area (TPSA) is 90.7 Å². The van der Waals surface area contributed by atoms with Gasteiger partial charge in [0.05, 0.1) is 11.1 Å². The van der Waals surface area contributed by atoms with Crippen LogP contribution in [0.15, 0.2) is 21.0 Å². The van der Waals surface area contributed by atoms with E-state index >= 15 is 0 Å². The fourth-order valence-corrected chi connectivity index (χ4v) is 2.96. The lowest BCUT2D eigenvalue weighted by Gasteiger charge is -2.00. The van der Waals surface area contributed by atoms with Crippen molar-refractivity contribution in [3.8, 4) is 0 Å². The average molecular weight is 279 g/mol. The highest BCUT2D eigenvalue weighted by Gasteiger charge is 2.09. The molecule has 0 radical (unpaired) electrons. The lowest BCUT2D eigenvalue weighted by atomic mass is 10.4. The van der Waals surface area contributed by atoms with Gasteiger partial charge < -0.3 is 10.2 Å². The third-order valence-corrected chi connectivity index (χ3v) is 3.87. The van der Waals surface area contributed by atoms with Crippen LogP contribution in [0.4, 0.5) is 5.82 Å². The molecule has 0 aliphatic heterocycles. The van der Waals surface area contributed by atoms with Gasteiger partial charge in [-0.25, -0.2) is 9.97 Å². The molecule has 0 aliphatic rings. The Balaban J connectivity index is 1.82. The zero-order valence-electron chi connectivity index (χ0n) is 9.45. The van der Waals surface area contributed by atoms with Gasteiger partial charge >= 0.3 is 0 Å². The van der Waals surface area contributed by atoms with Crippen molar-refractivity contribution in [3.05, 3.63) is 23.2 Å². The highest BCUT2D eigenvalue weighted by Crippen LogP contribution is 2.27. The Morgan fingerprint density at radius 2 is 2.28 bits per heavy atom. The van der Waals surface area contributed by atoms with E-state index in [4.69, 9.17) is 10.2 Å². The third kappa shape index (κ3) is 2.16. The fourth-order valence-electron chi connectivity index (χ4n) is 1.44. The molecule has 18 heavy (non-hydrogen) atoms. The van der Waals surface area contributed by atoms with Gasteiger partial charge in [-0.2, -0.15) is 0 Å². The van der Waals surface area contributed by atoms with Crippen LogP contribution in [0.2, 0.25) is 0 Å². The van der Waals surface area contributed by atoms with Crippen molar-refractivity contribution in [1.82, 2.24) is 20.2 Å². The number of nitrogens with two attached hydrogens (primary N) is 1. The molecule has 8 heteroatoms. The molecule has 0 aliphatic carbocycles. The third-order valence-electron chi connectivity index (χ3n) is 2.23. The minimum absolute atomic E-state index is 0.505. The van der Waals surface area contributed by atoms with Gasteiger partial charge in [-0.15, -0.1) is 21.5 Å². The van der Waals surface area contributed by atoms with Crippen LogP contribution in [0.5, 0.6) is 0 Å². The van der Waals surface area contributed by atoms with Crippen molar-refractivity contribution in [2.24, 2.45) is 0 Å². The SMILES string of the molecule is Cc1nnc(CSc2nc(N)c3ccsc3n2)o1. The molecule has 3 heterocycles. The van der Waals surface area contributed by atoms with Gasteiger partial charge in [-0.1, -0.05) is 11.8 Å². The van der Waals surface area contributed by atoms with Crippen molar-refractivity contribution in [1.29, 1.82) is 0 Å². The largest absolute Gasteiger partial charge is 0.425 e. The van der Waals surface area contributed by atoms with Crippen LogP contribution >= 0.6 is 23.1 Å². The van der Waals surface area contributed by atoms with Crippen LogP contribution in [-0.4, -0.2) is 20.2 Å². The first-order valence-electron chi connectivity index (χ1n) is 5.15. The molecule has 0 aromatic carbocycles. The van der Waals surface area contributed by atoms with Crippen molar-refractivity contribution >= 4 is 39.1 Å². The molecule has 0 amide bonds. The van der Waals surface area contributed by atoms with Gasteiger partial charge in [-0.3, -0.25) is 0 Å². The number of rotatable bonds is 3. The lowest BCUT2D eigenvalue weighted by molar-refractivity contribution is 0.485. The molecule has 3 aromatic heterocycles. The van der Waals surface area contributed by atoms with E-state index in [0.717, 1.165) is 10.2 Å². The number of fused-ring (bicyclic) bond motifs is 1. The summed E-state index contributed by atoms with van der Waals surface area (Å²) < 4.78 is 5.28. The number of nitrogens with zero attached hydrogens (tertiary/aromatic N) is 4. The Morgan fingerprint density at radius 3 is 3.06 bits per heavy atom. The zero-order chi connectivity index (χ0) is 12.5. The molecule has 0 saturated heterocycles. The summed E-state index contributed by atoms with van der Waals surface area (Å²) in [4.78, 5) is 9.56. The quantitative estimate of drug-likeness (QED) is 0.580. The number of thiophene rings is 1. The minimum Gasteiger partial charge on any atom is -0.425 e. The van der Waals surface area contributed by atoms with Crippen LogP contribution < -0.4 is 5.73 Å². The van der Waals surface area contributed by atoms with E-state index in [0.29, 0.717) is 28.5 Å². The van der Waals surface area contributed by atoms with E-state index in [1.165, 1.54) is 11.8 Å². The molecule has 6 nitrogen and oxygen atoms in total. The van der Waals surface area contributed by atoms with Gasteiger partial charge in [0.2, 0.25) is 11.8 Å². The molecular formula is C10H9N5OS2. The number of aromatic nitrogens is 4. The lowest BCUT2D eigenvalue weighted by Crippen LogP contribution is -1.95. The Hall–Kier alpha value is -1.67. The molecular weight excluding hydrogens is 270 g/mol. The van der Waals surface area contributed by atoms with Crippen molar-refractivity contribution in [2.45, 2.75) is 17.8 Å². The Morgan fingerprint density at radius 1 is 1.39 bits per heavy atom.